The lowest BCUT2D eigenvalue weighted by molar-refractivity contribution is 0.101. The summed E-state index contributed by atoms with van der Waals surface area (Å²) >= 11 is 0. The molecule has 2 nitrogen and oxygen atoms in total. The Bertz CT molecular complexity index is 357. The number of hydrogen-bond acceptors (Lipinski definition) is 2. The minimum Gasteiger partial charge on any atom is -0.374 e. The van der Waals surface area contributed by atoms with Crippen LogP contribution in [0.1, 0.15) is 22.8 Å². The molecule has 13 heavy (non-hydrogen) atoms. The van der Waals surface area contributed by atoms with Crippen LogP contribution in [-0.2, 0) is 6.42 Å². The zero-order valence-corrected chi connectivity index (χ0v) is 8.00. The van der Waals surface area contributed by atoms with Gasteiger partial charge in [-0.3, -0.25) is 4.79 Å². The predicted octanol–water partition coefficient (Wildman–Crippen LogP) is 1.88. The number of nitrogens with zero attached hydrogens (tertiary/aromatic N) is 1. The highest BCUT2D eigenvalue weighted by Gasteiger charge is 2.15. The molecule has 2 rings (SSSR count). The fourth-order valence-electron chi connectivity index (χ4n) is 1.79. The zero-order valence-electron chi connectivity index (χ0n) is 8.00. The number of carbonyl (C=O) groups is 1. The predicted molar refractivity (Wildman–Crippen MR) is 53.4 cm³/mol. The van der Waals surface area contributed by atoms with E-state index < -0.39 is 0 Å². The first-order chi connectivity index (χ1) is 6.18. The highest BCUT2D eigenvalue weighted by molar-refractivity contribution is 5.94. The second kappa shape index (κ2) is 2.87. The van der Waals surface area contributed by atoms with Gasteiger partial charge in [0.25, 0.3) is 0 Å². The molecule has 1 aliphatic rings. The summed E-state index contributed by atoms with van der Waals surface area (Å²) in [5.74, 6) is 0.150. The smallest absolute Gasteiger partial charge is 0.159 e. The van der Waals surface area contributed by atoms with Crippen molar-refractivity contribution in [3.63, 3.8) is 0 Å². The largest absolute Gasteiger partial charge is 0.374 e. The molecule has 0 amide bonds. The maximum atomic E-state index is 11.1. The first-order valence-electron chi connectivity index (χ1n) is 4.53. The first-order valence-corrected chi connectivity index (χ1v) is 4.53. The molecule has 0 spiro atoms. The van der Waals surface area contributed by atoms with Crippen LogP contribution >= 0.6 is 0 Å². The normalized spacial score (nSPS) is 14.5. The van der Waals surface area contributed by atoms with Crippen LogP contribution in [0.5, 0.6) is 0 Å². The Hall–Kier alpha value is -1.31. The number of Topliss-reactive ketones (excluding diaryl/α,β-unsaturated/α-hetero) is 1. The maximum absolute atomic E-state index is 11.1. The van der Waals surface area contributed by atoms with Gasteiger partial charge in [0.15, 0.2) is 5.78 Å². The lowest BCUT2D eigenvalue weighted by atomic mass is 10.1. The SMILES string of the molecule is CC(=O)c1ccc2c(c1)CCN2C. The van der Waals surface area contributed by atoms with Crippen LogP contribution in [0.3, 0.4) is 0 Å². The van der Waals surface area contributed by atoms with Crippen LogP contribution in [0.15, 0.2) is 18.2 Å². The molecular formula is C11H13NO. The Labute approximate surface area is 78.2 Å². The van der Waals surface area contributed by atoms with Crippen molar-refractivity contribution < 1.29 is 4.79 Å². The molecule has 0 radical (unpaired) electrons. The van der Waals surface area contributed by atoms with Crippen LogP contribution < -0.4 is 4.90 Å². The molecule has 0 saturated heterocycles. The number of hydrogen-bond donors (Lipinski definition) is 0. The monoisotopic (exact) mass is 175 g/mol. The number of carbonyl (C=O) groups excluding carboxylic acids is 1. The molecule has 1 aromatic rings. The van der Waals surface area contributed by atoms with Crippen molar-refractivity contribution in [3.8, 4) is 0 Å². The maximum Gasteiger partial charge on any atom is 0.159 e. The van der Waals surface area contributed by atoms with Gasteiger partial charge in [-0.1, -0.05) is 0 Å². The highest BCUT2D eigenvalue weighted by Crippen LogP contribution is 2.27. The van der Waals surface area contributed by atoms with Gasteiger partial charge in [0.05, 0.1) is 0 Å². The Morgan fingerprint density at radius 2 is 2.23 bits per heavy atom. The summed E-state index contributed by atoms with van der Waals surface area (Å²) in [5, 5.41) is 0. The van der Waals surface area contributed by atoms with E-state index in [0.717, 1.165) is 18.5 Å². The van der Waals surface area contributed by atoms with Gasteiger partial charge in [0.2, 0.25) is 0 Å². The molecule has 1 aliphatic heterocycles. The van der Waals surface area contributed by atoms with Crippen molar-refractivity contribution in [2.24, 2.45) is 0 Å². The molecule has 1 aromatic carbocycles. The fraction of sp³-hybridized carbons (Fsp3) is 0.364. The third-order valence-corrected chi connectivity index (χ3v) is 2.61. The van der Waals surface area contributed by atoms with Gasteiger partial charge >= 0.3 is 0 Å². The quantitative estimate of drug-likeness (QED) is 0.607. The molecule has 0 aliphatic carbocycles. The standard InChI is InChI=1S/C11H13NO/c1-8(13)9-3-4-11-10(7-9)5-6-12(11)2/h3-4,7H,5-6H2,1-2H3. The molecule has 0 bridgehead atoms. The van der Waals surface area contributed by atoms with Crippen molar-refractivity contribution in [2.45, 2.75) is 13.3 Å². The van der Waals surface area contributed by atoms with E-state index in [1.165, 1.54) is 11.3 Å². The molecule has 0 saturated carbocycles. The Kier molecular flexibility index (Phi) is 1.83. The van der Waals surface area contributed by atoms with Gasteiger partial charge in [-0.05, 0) is 37.1 Å². The lowest BCUT2D eigenvalue weighted by Crippen LogP contribution is -2.12. The molecule has 68 valence electrons. The summed E-state index contributed by atoms with van der Waals surface area (Å²) in [6.07, 6.45) is 1.06. The topological polar surface area (TPSA) is 20.3 Å². The van der Waals surface area contributed by atoms with Gasteiger partial charge in [0, 0.05) is 24.8 Å². The van der Waals surface area contributed by atoms with E-state index in [1.807, 2.05) is 18.2 Å². The molecule has 0 fully saturated rings. The van der Waals surface area contributed by atoms with Gasteiger partial charge in [-0.2, -0.15) is 0 Å². The van der Waals surface area contributed by atoms with E-state index in [4.69, 9.17) is 0 Å². The van der Waals surface area contributed by atoms with Crippen molar-refractivity contribution in [1.29, 1.82) is 0 Å². The van der Waals surface area contributed by atoms with E-state index >= 15 is 0 Å². The number of ketones is 1. The summed E-state index contributed by atoms with van der Waals surface area (Å²) in [4.78, 5) is 13.3. The summed E-state index contributed by atoms with van der Waals surface area (Å²) in [6.45, 7) is 2.68. The van der Waals surface area contributed by atoms with Gasteiger partial charge in [-0.25, -0.2) is 0 Å². The van der Waals surface area contributed by atoms with E-state index in [0.29, 0.717) is 0 Å². The highest BCUT2D eigenvalue weighted by atomic mass is 16.1. The van der Waals surface area contributed by atoms with Crippen LogP contribution in [0.25, 0.3) is 0 Å². The lowest BCUT2D eigenvalue weighted by Gasteiger charge is -2.11. The van der Waals surface area contributed by atoms with E-state index in [9.17, 15) is 4.79 Å². The minimum atomic E-state index is 0.150. The first kappa shape index (κ1) is 8.30. The molecule has 0 N–H and O–H groups in total. The summed E-state index contributed by atoms with van der Waals surface area (Å²) < 4.78 is 0. The van der Waals surface area contributed by atoms with Crippen LogP contribution in [0, 0.1) is 0 Å². The Balaban J connectivity index is 2.45. The van der Waals surface area contributed by atoms with Crippen molar-refractivity contribution in [2.75, 3.05) is 18.5 Å². The third-order valence-electron chi connectivity index (χ3n) is 2.61. The fourth-order valence-corrected chi connectivity index (χ4v) is 1.79. The van der Waals surface area contributed by atoms with Crippen LogP contribution in [0.2, 0.25) is 0 Å². The molecule has 0 unspecified atom stereocenters. The third kappa shape index (κ3) is 1.32. The van der Waals surface area contributed by atoms with Crippen molar-refractivity contribution in [3.05, 3.63) is 29.3 Å². The van der Waals surface area contributed by atoms with E-state index in [1.54, 1.807) is 6.92 Å². The number of anilines is 1. The molecule has 2 heteroatoms. The second-order valence-corrected chi connectivity index (χ2v) is 3.57. The molecule has 0 atom stereocenters. The molecule has 0 aromatic heterocycles. The second-order valence-electron chi connectivity index (χ2n) is 3.57. The number of rotatable bonds is 1. The van der Waals surface area contributed by atoms with Crippen LogP contribution in [0.4, 0.5) is 5.69 Å². The van der Waals surface area contributed by atoms with Gasteiger partial charge in [0.1, 0.15) is 0 Å². The van der Waals surface area contributed by atoms with Crippen molar-refractivity contribution >= 4 is 11.5 Å². The Morgan fingerprint density at radius 1 is 1.46 bits per heavy atom. The summed E-state index contributed by atoms with van der Waals surface area (Å²) in [5.41, 5.74) is 3.40. The van der Waals surface area contributed by atoms with E-state index in [-0.39, 0.29) is 5.78 Å². The minimum absolute atomic E-state index is 0.150. The van der Waals surface area contributed by atoms with Gasteiger partial charge in [-0.15, -0.1) is 0 Å². The number of likely N-dealkylation sites (N-methyl/N-ethyl adjacent to an activating group) is 1. The average Bonchev–Trinajstić information content (AvgIpc) is 2.47. The summed E-state index contributed by atoms with van der Waals surface area (Å²) in [7, 11) is 2.08. The van der Waals surface area contributed by atoms with E-state index in [2.05, 4.69) is 11.9 Å². The zero-order chi connectivity index (χ0) is 9.42. The number of benzene rings is 1. The average molecular weight is 175 g/mol. The Morgan fingerprint density at radius 3 is 2.92 bits per heavy atom. The van der Waals surface area contributed by atoms with Crippen molar-refractivity contribution in [1.82, 2.24) is 0 Å². The summed E-state index contributed by atoms with van der Waals surface area (Å²) in [6, 6.07) is 5.96. The molecular weight excluding hydrogens is 162 g/mol. The van der Waals surface area contributed by atoms with Gasteiger partial charge < -0.3 is 4.90 Å². The molecule has 1 heterocycles. The number of fused-ring (bicyclic) bond motifs is 1. The van der Waals surface area contributed by atoms with Crippen LogP contribution in [-0.4, -0.2) is 19.4 Å².